The summed E-state index contributed by atoms with van der Waals surface area (Å²) in [6.45, 7) is 5.99. The maximum absolute atomic E-state index is 12.4. The summed E-state index contributed by atoms with van der Waals surface area (Å²) in [7, 11) is 0. The zero-order valence-electron chi connectivity index (χ0n) is 11.7. The lowest BCUT2D eigenvalue weighted by Crippen LogP contribution is -2.07. The van der Waals surface area contributed by atoms with Crippen LogP contribution in [0.25, 0.3) is 0 Å². The minimum atomic E-state index is 0.120. The molecular weight excluding hydrogens is 234 g/mol. The molecule has 0 amide bonds. The van der Waals surface area contributed by atoms with Gasteiger partial charge in [-0.2, -0.15) is 0 Å². The Labute approximate surface area is 114 Å². The number of nitrogens with two attached hydrogens (primary N) is 1. The van der Waals surface area contributed by atoms with Gasteiger partial charge in [-0.15, -0.1) is 0 Å². The predicted molar refractivity (Wildman–Crippen MR) is 79.5 cm³/mol. The number of hydrogen-bond donors (Lipinski definition) is 1. The van der Waals surface area contributed by atoms with E-state index in [-0.39, 0.29) is 5.78 Å². The summed E-state index contributed by atoms with van der Waals surface area (Å²) in [5, 5.41) is 0. The molecule has 19 heavy (non-hydrogen) atoms. The van der Waals surface area contributed by atoms with Crippen molar-refractivity contribution in [1.29, 1.82) is 0 Å². The normalized spacial score (nSPS) is 10.5. The van der Waals surface area contributed by atoms with Gasteiger partial charge in [0.1, 0.15) is 0 Å². The van der Waals surface area contributed by atoms with Gasteiger partial charge < -0.3 is 5.73 Å². The van der Waals surface area contributed by atoms with Crippen LogP contribution in [-0.2, 0) is 6.42 Å². The van der Waals surface area contributed by atoms with Gasteiger partial charge in [-0.1, -0.05) is 41.5 Å². The summed E-state index contributed by atoms with van der Waals surface area (Å²) in [5.74, 6) is 0.120. The van der Waals surface area contributed by atoms with Crippen molar-refractivity contribution in [3.63, 3.8) is 0 Å². The fraction of sp³-hybridized carbons (Fsp3) is 0.235. The predicted octanol–water partition coefficient (Wildman–Crippen LogP) is 3.62. The van der Waals surface area contributed by atoms with E-state index in [2.05, 4.69) is 18.2 Å². The molecule has 0 atom stereocenters. The molecule has 2 aromatic rings. The van der Waals surface area contributed by atoms with Crippen LogP contribution >= 0.6 is 0 Å². The van der Waals surface area contributed by atoms with Crippen LogP contribution in [0.15, 0.2) is 36.4 Å². The summed E-state index contributed by atoms with van der Waals surface area (Å²) >= 11 is 0. The topological polar surface area (TPSA) is 43.1 Å². The summed E-state index contributed by atoms with van der Waals surface area (Å²) in [6, 6.07) is 11.7. The van der Waals surface area contributed by atoms with Crippen molar-refractivity contribution in [1.82, 2.24) is 0 Å². The molecule has 2 nitrogen and oxygen atoms in total. The van der Waals surface area contributed by atoms with Crippen LogP contribution in [-0.4, -0.2) is 5.78 Å². The van der Waals surface area contributed by atoms with E-state index in [1.54, 1.807) is 0 Å². The second-order valence-corrected chi connectivity index (χ2v) is 5.12. The number of rotatable bonds is 3. The third kappa shape index (κ3) is 3.02. The maximum atomic E-state index is 12.4. The van der Waals surface area contributed by atoms with Crippen LogP contribution in [0, 0.1) is 20.8 Å². The Balaban J connectivity index is 2.28. The van der Waals surface area contributed by atoms with E-state index in [0.29, 0.717) is 12.1 Å². The molecule has 2 heteroatoms. The molecule has 0 saturated heterocycles. The molecule has 0 aliphatic rings. The van der Waals surface area contributed by atoms with Crippen LogP contribution in [0.5, 0.6) is 0 Å². The van der Waals surface area contributed by atoms with Crippen molar-refractivity contribution < 1.29 is 4.79 Å². The summed E-state index contributed by atoms with van der Waals surface area (Å²) in [4.78, 5) is 12.4. The molecule has 0 aliphatic heterocycles. The number of anilines is 1. The van der Waals surface area contributed by atoms with Crippen molar-refractivity contribution in [2.24, 2.45) is 0 Å². The number of ketones is 1. The highest BCUT2D eigenvalue weighted by Crippen LogP contribution is 2.18. The summed E-state index contributed by atoms with van der Waals surface area (Å²) in [5.41, 5.74) is 11.5. The molecule has 0 aliphatic carbocycles. The standard InChI is InChI=1S/C17H19NO/c1-11-7-12(2)9-14(8-11)10-17(19)15-5-4-6-16(18)13(15)3/h4-9H,10,18H2,1-3H3. The van der Waals surface area contributed by atoms with Crippen molar-refractivity contribution in [3.05, 3.63) is 64.2 Å². The van der Waals surface area contributed by atoms with E-state index in [9.17, 15) is 4.79 Å². The van der Waals surface area contributed by atoms with E-state index in [0.717, 1.165) is 16.7 Å². The summed E-state index contributed by atoms with van der Waals surface area (Å²) in [6.07, 6.45) is 0.423. The van der Waals surface area contributed by atoms with E-state index in [4.69, 9.17) is 5.73 Å². The quantitative estimate of drug-likeness (QED) is 0.670. The number of nitrogen functional groups attached to an aromatic ring is 1. The number of hydrogen-bond acceptors (Lipinski definition) is 2. The van der Waals surface area contributed by atoms with Crippen molar-refractivity contribution in [2.75, 3.05) is 5.73 Å². The molecule has 0 spiro atoms. The minimum Gasteiger partial charge on any atom is -0.398 e. The third-order valence-corrected chi connectivity index (χ3v) is 3.32. The van der Waals surface area contributed by atoms with Crippen LogP contribution in [0.3, 0.4) is 0 Å². The van der Waals surface area contributed by atoms with Gasteiger partial charge in [0, 0.05) is 17.7 Å². The first-order chi connectivity index (χ1) is 8.97. The molecular formula is C17H19NO. The van der Waals surface area contributed by atoms with Crippen molar-refractivity contribution in [2.45, 2.75) is 27.2 Å². The SMILES string of the molecule is Cc1cc(C)cc(CC(=O)c2cccc(N)c2C)c1. The van der Waals surface area contributed by atoms with E-state index >= 15 is 0 Å². The Bertz CT molecular complexity index is 609. The number of carbonyl (C=O) groups excluding carboxylic acids is 1. The number of benzene rings is 2. The second kappa shape index (κ2) is 5.27. The zero-order valence-corrected chi connectivity index (χ0v) is 11.7. The Hall–Kier alpha value is -2.09. The van der Waals surface area contributed by atoms with Crippen LogP contribution in [0.4, 0.5) is 5.69 Å². The highest BCUT2D eigenvalue weighted by Gasteiger charge is 2.11. The van der Waals surface area contributed by atoms with Crippen LogP contribution in [0.2, 0.25) is 0 Å². The Morgan fingerprint density at radius 3 is 2.32 bits per heavy atom. The van der Waals surface area contributed by atoms with Gasteiger partial charge in [0.15, 0.2) is 5.78 Å². The molecule has 2 N–H and O–H groups in total. The lowest BCUT2D eigenvalue weighted by molar-refractivity contribution is 0.0992. The molecule has 0 saturated carbocycles. The van der Waals surface area contributed by atoms with Gasteiger partial charge >= 0.3 is 0 Å². The first-order valence-electron chi connectivity index (χ1n) is 6.43. The van der Waals surface area contributed by atoms with E-state index in [1.807, 2.05) is 39.0 Å². The lowest BCUT2D eigenvalue weighted by atomic mass is 9.96. The highest BCUT2D eigenvalue weighted by molar-refractivity contribution is 5.99. The number of aryl methyl sites for hydroxylation is 2. The lowest BCUT2D eigenvalue weighted by Gasteiger charge is -2.08. The molecule has 0 heterocycles. The maximum Gasteiger partial charge on any atom is 0.167 e. The Morgan fingerprint density at radius 2 is 1.68 bits per heavy atom. The zero-order chi connectivity index (χ0) is 14.0. The van der Waals surface area contributed by atoms with E-state index in [1.165, 1.54) is 11.1 Å². The molecule has 0 unspecified atom stereocenters. The Morgan fingerprint density at radius 1 is 1.05 bits per heavy atom. The summed E-state index contributed by atoms with van der Waals surface area (Å²) < 4.78 is 0. The number of Topliss-reactive ketones (excluding diaryl/α,β-unsaturated/α-hetero) is 1. The fourth-order valence-corrected chi connectivity index (χ4v) is 2.41. The minimum absolute atomic E-state index is 0.120. The van der Waals surface area contributed by atoms with Crippen molar-refractivity contribution >= 4 is 11.5 Å². The average Bonchev–Trinajstić information content (AvgIpc) is 2.31. The smallest absolute Gasteiger partial charge is 0.167 e. The van der Waals surface area contributed by atoms with Crippen molar-refractivity contribution in [3.8, 4) is 0 Å². The largest absolute Gasteiger partial charge is 0.398 e. The molecule has 0 aromatic heterocycles. The average molecular weight is 253 g/mol. The van der Waals surface area contributed by atoms with Gasteiger partial charge in [0.2, 0.25) is 0 Å². The van der Waals surface area contributed by atoms with Gasteiger partial charge in [-0.05, 0) is 38.0 Å². The molecule has 0 bridgehead atoms. The first-order valence-corrected chi connectivity index (χ1v) is 6.43. The van der Waals surface area contributed by atoms with E-state index < -0.39 is 0 Å². The molecule has 0 radical (unpaired) electrons. The highest BCUT2D eigenvalue weighted by atomic mass is 16.1. The molecule has 98 valence electrons. The molecule has 2 aromatic carbocycles. The molecule has 2 rings (SSSR count). The number of carbonyl (C=O) groups is 1. The second-order valence-electron chi connectivity index (χ2n) is 5.12. The van der Waals surface area contributed by atoms with Gasteiger partial charge in [0.05, 0.1) is 0 Å². The Kier molecular flexibility index (Phi) is 3.70. The first kappa shape index (κ1) is 13.3. The monoisotopic (exact) mass is 253 g/mol. The van der Waals surface area contributed by atoms with Crippen LogP contribution in [0.1, 0.15) is 32.6 Å². The fourth-order valence-electron chi connectivity index (χ4n) is 2.41. The van der Waals surface area contributed by atoms with Crippen LogP contribution < -0.4 is 5.73 Å². The van der Waals surface area contributed by atoms with Gasteiger partial charge in [-0.3, -0.25) is 4.79 Å². The third-order valence-electron chi connectivity index (χ3n) is 3.32. The van der Waals surface area contributed by atoms with Gasteiger partial charge in [-0.25, -0.2) is 0 Å². The van der Waals surface area contributed by atoms with Gasteiger partial charge in [0.25, 0.3) is 0 Å². The molecule has 0 fully saturated rings.